The molecule has 1 aromatic carbocycles. The lowest BCUT2D eigenvalue weighted by Crippen LogP contribution is -2.34. The van der Waals surface area contributed by atoms with E-state index in [9.17, 15) is 14.0 Å². The molecule has 0 aliphatic carbocycles. The van der Waals surface area contributed by atoms with Gasteiger partial charge in [-0.15, -0.1) is 0 Å². The van der Waals surface area contributed by atoms with Crippen molar-refractivity contribution in [1.29, 1.82) is 0 Å². The molecule has 1 heterocycles. The number of hydrogen-bond donors (Lipinski definition) is 2. The number of nitrogens with zero attached hydrogens (tertiary/aromatic N) is 2. The van der Waals surface area contributed by atoms with E-state index < -0.39 is 0 Å². The average molecular weight is 330 g/mol. The van der Waals surface area contributed by atoms with Crippen molar-refractivity contribution in [1.82, 2.24) is 20.5 Å². The first-order valence-corrected chi connectivity index (χ1v) is 7.38. The van der Waals surface area contributed by atoms with Gasteiger partial charge in [0.15, 0.2) is 0 Å². The third kappa shape index (κ3) is 5.05. The summed E-state index contributed by atoms with van der Waals surface area (Å²) in [6, 6.07) is 9.00. The lowest BCUT2D eigenvalue weighted by atomic mass is 10.2. The molecule has 3 amide bonds. The lowest BCUT2D eigenvalue weighted by molar-refractivity contribution is 0.0950. The van der Waals surface area contributed by atoms with Gasteiger partial charge in [0.1, 0.15) is 5.82 Å². The van der Waals surface area contributed by atoms with Crippen LogP contribution in [0.1, 0.15) is 21.6 Å². The van der Waals surface area contributed by atoms with Crippen LogP contribution in [0, 0.1) is 5.82 Å². The fraction of sp³-hybridized carbons (Fsp3) is 0.235. The summed E-state index contributed by atoms with van der Waals surface area (Å²) in [6.07, 6.45) is 1.51. The maximum Gasteiger partial charge on any atom is 0.317 e. The molecule has 0 bridgehead atoms. The summed E-state index contributed by atoms with van der Waals surface area (Å²) in [7, 11) is 3.28. The molecule has 6 nitrogen and oxygen atoms in total. The van der Waals surface area contributed by atoms with Gasteiger partial charge >= 0.3 is 6.03 Å². The zero-order valence-electron chi connectivity index (χ0n) is 13.5. The monoisotopic (exact) mass is 330 g/mol. The van der Waals surface area contributed by atoms with Gasteiger partial charge in [0.05, 0.1) is 12.2 Å². The number of carbonyl (C=O) groups is 2. The zero-order chi connectivity index (χ0) is 17.5. The van der Waals surface area contributed by atoms with Crippen molar-refractivity contribution in [2.45, 2.75) is 13.1 Å². The summed E-state index contributed by atoms with van der Waals surface area (Å²) in [5.74, 6) is -0.633. The Bertz CT molecular complexity index is 734. The largest absolute Gasteiger partial charge is 0.348 e. The first-order chi connectivity index (χ1) is 11.5. The van der Waals surface area contributed by atoms with Crippen LogP contribution in [0.5, 0.6) is 0 Å². The van der Waals surface area contributed by atoms with Crippen LogP contribution in [-0.2, 0) is 13.1 Å². The average Bonchev–Trinajstić information content (AvgIpc) is 2.57. The molecule has 0 spiro atoms. The standard InChI is InChI=1S/C17H19FN4O2/c1-22(2)17(24)21-11-15-9-13(6-7-19-15)16(23)20-10-12-4-3-5-14(18)8-12/h3-9H,10-11H2,1-2H3,(H,20,23)(H,21,24). The maximum atomic E-state index is 13.1. The third-order valence-corrected chi connectivity index (χ3v) is 3.25. The van der Waals surface area contributed by atoms with E-state index in [1.165, 1.54) is 23.2 Å². The molecule has 1 aromatic heterocycles. The van der Waals surface area contributed by atoms with Crippen molar-refractivity contribution < 1.29 is 14.0 Å². The van der Waals surface area contributed by atoms with Gasteiger partial charge in [-0.05, 0) is 29.8 Å². The Hall–Kier alpha value is -2.96. The van der Waals surface area contributed by atoms with E-state index in [-0.39, 0.29) is 30.8 Å². The number of amides is 3. The SMILES string of the molecule is CN(C)C(=O)NCc1cc(C(=O)NCc2cccc(F)c2)ccn1. The topological polar surface area (TPSA) is 74.3 Å². The number of benzene rings is 1. The molecule has 24 heavy (non-hydrogen) atoms. The molecular weight excluding hydrogens is 311 g/mol. The van der Waals surface area contributed by atoms with Crippen molar-refractivity contribution in [3.63, 3.8) is 0 Å². The normalized spacial score (nSPS) is 10.1. The van der Waals surface area contributed by atoms with Crippen LogP contribution < -0.4 is 10.6 Å². The van der Waals surface area contributed by atoms with Crippen molar-refractivity contribution in [2.24, 2.45) is 0 Å². The molecule has 0 atom stereocenters. The van der Waals surface area contributed by atoms with Gasteiger partial charge in [0.2, 0.25) is 0 Å². The fourth-order valence-electron chi connectivity index (χ4n) is 1.97. The number of aromatic nitrogens is 1. The van der Waals surface area contributed by atoms with Crippen LogP contribution in [0.4, 0.5) is 9.18 Å². The van der Waals surface area contributed by atoms with E-state index in [4.69, 9.17) is 0 Å². The Labute approximate surface area is 139 Å². The van der Waals surface area contributed by atoms with Gasteiger partial charge < -0.3 is 15.5 Å². The van der Waals surface area contributed by atoms with Gasteiger partial charge in [0, 0.05) is 32.4 Å². The summed E-state index contributed by atoms with van der Waals surface area (Å²) in [5.41, 5.74) is 1.68. The van der Waals surface area contributed by atoms with E-state index in [1.807, 2.05) is 0 Å². The molecule has 2 rings (SSSR count). The van der Waals surface area contributed by atoms with Crippen LogP contribution in [0.2, 0.25) is 0 Å². The van der Waals surface area contributed by atoms with Gasteiger partial charge in [-0.1, -0.05) is 12.1 Å². The highest BCUT2D eigenvalue weighted by Crippen LogP contribution is 2.05. The van der Waals surface area contributed by atoms with Crippen LogP contribution in [0.15, 0.2) is 42.6 Å². The molecule has 126 valence electrons. The predicted molar refractivity (Wildman–Crippen MR) is 87.7 cm³/mol. The van der Waals surface area contributed by atoms with Crippen molar-refractivity contribution in [3.8, 4) is 0 Å². The fourth-order valence-corrected chi connectivity index (χ4v) is 1.97. The molecule has 2 aromatic rings. The molecule has 2 N–H and O–H groups in total. The molecule has 0 unspecified atom stereocenters. The molecule has 0 saturated heterocycles. The van der Waals surface area contributed by atoms with Crippen molar-refractivity contribution in [3.05, 3.63) is 65.2 Å². The molecule has 7 heteroatoms. The van der Waals surface area contributed by atoms with E-state index in [0.29, 0.717) is 16.8 Å². The van der Waals surface area contributed by atoms with Crippen LogP contribution in [-0.4, -0.2) is 35.9 Å². The summed E-state index contributed by atoms with van der Waals surface area (Å²) >= 11 is 0. The Kier molecular flexibility index (Phi) is 5.83. The van der Waals surface area contributed by atoms with E-state index in [1.54, 1.807) is 38.4 Å². The van der Waals surface area contributed by atoms with Gasteiger partial charge in [-0.3, -0.25) is 9.78 Å². The highest BCUT2D eigenvalue weighted by molar-refractivity contribution is 5.94. The van der Waals surface area contributed by atoms with Crippen LogP contribution >= 0.6 is 0 Å². The number of carbonyl (C=O) groups excluding carboxylic acids is 2. The molecular formula is C17H19FN4O2. The quantitative estimate of drug-likeness (QED) is 0.879. The number of rotatable bonds is 5. The summed E-state index contributed by atoms with van der Waals surface area (Å²) in [5, 5.41) is 5.40. The van der Waals surface area contributed by atoms with Gasteiger partial charge in [-0.2, -0.15) is 0 Å². The number of pyridine rings is 1. The van der Waals surface area contributed by atoms with Crippen molar-refractivity contribution in [2.75, 3.05) is 14.1 Å². The molecule has 0 aliphatic rings. The highest BCUT2D eigenvalue weighted by Gasteiger charge is 2.08. The van der Waals surface area contributed by atoms with E-state index >= 15 is 0 Å². The number of hydrogen-bond acceptors (Lipinski definition) is 3. The number of nitrogens with one attached hydrogen (secondary N) is 2. The maximum absolute atomic E-state index is 13.1. The Morgan fingerprint density at radius 1 is 1.12 bits per heavy atom. The second-order valence-electron chi connectivity index (χ2n) is 5.40. The Morgan fingerprint density at radius 3 is 2.62 bits per heavy atom. The van der Waals surface area contributed by atoms with Gasteiger partial charge in [0.25, 0.3) is 5.91 Å². The van der Waals surface area contributed by atoms with E-state index in [0.717, 1.165) is 0 Å². The molecule has 0 aliphatic heterocycles. The minimum atomic E-state index is -0.343. The summed E-state index contributed by atoms with van der Waals surface area (Å²) in [4.78, 5) is 29.2. The van der Waals surface area contributed by atoms with Crippen molar-refractivity contribution >= 4 is 11.9 Å². The van der Waals surface area contributed by atoms with Crippen LogP contribution in [0.25, 0.3) is 0 Å². The zero-order valence-corrected chi connectivity index (χ0v) is 13.5. The third-order valence-electron chi connectivity index (χ3n) is 3.25. The summed E-state index contributed by atoms with van der Waals surface area (Å²) < 4.78 is 13.1. The molecule has 0 radical (unpaired) electrons. The number of urea groups is 1. The minimum absolute atomic E-state index is 0.224. The minimum Gasteiger partial charge on any atom is -0.348 e. The first kappa shape index (κ1) is 17.4. The molecule has 0 saturated carbocycles. The van der Waals surface area contributed by atoms with Gasteiger partial charge in [-0.25, -0.2) is 9.18 Å². The van der Waals surface area contributed by atoms with Crippen LogP contribution in [0.3, 0.4) is 0 Å². The smallest absolute Gasteiger partial charge is 0.317 e. The Morgan fingerprint density at radius 2 is 1.92 bits per heavy atom. The number of halogens is 1. The lowest BCUT2D eigenvalue weighted by Gasteiger charge is -2.12. The second kappa shape index (κ2) is 8.05. The molecule has 0 fully saturated rings. The predicted octanol–water partition coefficient (Wildman–Crippen LogP) is 1.92. The Balaban J connectivity index is 1.94. The van der Waals surface area contributed by atoms with E-state index in [2.05, 4.69) is 15.6 Å². The first-order valence-electron chi connectivity index (χ1n) is 7.38. The second-order valence-corrected chi connectivity index (χ2v) is 5.40. The highest BCUT2D eigenvalue weighted by atomic mass is 19.1. The summed E-state index contributed by atoms with van der Waals surface area (Å²) in [6.45, 7) is 0.452.